The number of hydrogen-bond donors (Lipinski definition) is 0. The molecule has 0 bridgehead atoms. The molecule has 11 heteroatoms. The lowest BCUT2D eigenvalue weighted by molar-refractivity contribution is -0.122. The smallest absolute Gasteiger partial charge is 0.262 e. The maximum Gasteiger partial charge on any atom is 0.262 e. The van der Waals surface area contributed by atoms with Crippen molar-refractivity contribution in [1.82, 2.24) is 24.3 Å². The second-order valence-electron chi connectivity index (χ2n) is 15.9. The van der Waals surface area contributed by atoms with Gasteiger partial charge in [0.2, 0.25) is 6.41 Å². The monoisotopic (exact) mass is 784 g/mol. The number of piperidine rings is 1. The number of ketones is 2. The van der Waals surface area contributed by atoms with Gasteiger partial charge < -0.3 is 19.2 Å². The summed E-state index contributed by atoms with van der Waals surface area (Å²) in [6.45, 7) is 17.1. The highest BCUT2D eigenvalue weighted by molar-refractivity contribution is 6.23. The second-order valence-corrected chi connectivity index (χ2v) is 15.9. The van der Waals surface area contributed by atoms with Gasteiger partial charge in [-0.3, -0.25) is 34.0 Å². The number of carbonyl (C=O) groups is 5. The third-order valence-electron chi connectivity index (χ3n) is 11.8. The Bertz CT molecular complexity index is 2270. The standard InChI is InChI=1S/C27H36N4O5.C20H20N2/c1-19(33)3-6-25(20(2)34)31-26(35)23-5-4-22(17-24(23)27(31)36)30-15-13-28(14-16-30)10-7-21-8-11-29(18-32)12-9-21;1-5-15(7-6-14(2)3)16-8-9-17-18-13-21-11-10-19(18)22(4)20(17)12-16/h4-5,17-18,21,25H,3,6-16H2,1-2H3;5-13H,2H2,1,3-4H3/b;7-6-,15-5+. The fraction of sp³-hybridized carbons (Fsp3) is 0.404. The number of rotatable bonds is 13. The van der Waals surface area contributed by atoms with E-state index in [0.717, 1.165) is 87.6 Å². The highest BCUT2D eigenvalue weighted by Gasteiger charge is 2.42. The van der Waals surface area contributed by atoms with Crippen LogP contribution in [0.25, 0.3) is 27.4 Å². The van der Waals surface area contributed by atoms with E-state index in [4.69, 9.17) is 0 Å². The van der Waals surface area contributed by atoms with Crippen LogP contribution in [0, 0.1) is 5.92 Å². The molecule has 1 atom stereocenters. The number of hydrogen-bond acceptors (Lipinski definition) is 8. The summed E-state index contributed by atoms with van der Waals surface area (Å²) < 4.78 is 2.23. The van der Waals surface area contributed by atoms with Crippen LogP contribution >= 0.6 is 0 Å². The second kappa shape index (κ2) is 18.7. The molecule has 5 heterocycles. The normalized spacial score (nSPS) is 17.2. The molecule has 3 amide bonds. The summed E-state index contributed by atoms with van der Waals surface area (Å²) in [5.41, 5.74) is 7.45. The summed E-state index contributed by atoms with van der Waals surface area (Å²) in [6, 6.07) is 13.1. The van der Waals surface area contributed by atoms with Crippen LogP contribution in [-0.2, 0) is 21.4 Å². The number of allylic oxidation sites excluding steroid dienone is 5. The molecule has 3 aliphatic rings. The molecule has 0 aliphatic carbocycles. The molecule has 304 valence electrons. The number of likely N-dealkylation sites (tertiary alicyclic amines) is 1. The molecule has 0 saturated carbocycles. The molecular formula is C47H56N6O5. The molecule has 2 aromatic carbocycles. The minimum absolute atomic E-state index is 0.0810. The van der Waals surface area contributed by atoms with Crippen LogP contribution in [0.15, 0.2) is 85.2 Å². The fourth-order valence-electron chi connectivity index (χ4n) is 8.35. The molecule has 2 aromatic heterocycles. The third-order valence-corrected chi connectivity index (χ3v) is 11.8. The highest BCUT2D eigenvalue weighted by Crippen LogP contribution is 2.32. The van der Waals surface area contributed by atoms with E-state index in [-0.39, 0.29) is 24.4 Å². The van der Waals surface area contributed by atoms with E-state index in [2.05, 4.69) is 76.3 Å². The van der Waals surface area contributed by atoms with Crippen LogP contribution in [0.3, 0.4) is 0 Å². The van der Waals surface area contributed by atoms with Crippen molar-refractivity contribution in [3.05, 3.63) is 102 Å². The minimum Gasteiger partial charge on any atom is -0.369 e. The number of aryl methyl sites for hydroxylation is 1. The minimum atomic E-state index is -0.918. The number of imide groups is 1. The number of anilines is 1. The average Bonchev–Trinajstić information content (AvgIpc) is 3.65. The van der Waals surface area contributed by atoms with Crippen molar-refractivity contribution >= 4 is 62.9 Å². The summed E-state index contributed by atoms with van der Waals surface area (Å²) in [7, 11) is 2.10. The lowest BCUT2D eigenvalue weighted by atomic mass is 9.93. The van der Waals surface area contributed by atoms with Gasteiger partial charge in [-0.15, -0.1) is 0 Å². The van der Waals surface area contributed by atoms with Gasteiger partial charge in [0.15, 0.2) is 5.78 Å². The first-order chi connectivity index (χ1) is 27.9. The molecule has 58 heavy (non-hydrogen) atoms. The Morgan fingerprint density at radius 1 is 0.879 bits per heavy atom. The van der Waals surface area contributed by atoms with E-state index < -0.39 is 17.9 Å². The summed E-state index contributed by atoms with van der Waals surface area (Å²) >= 11 is 0. The Morgan fingerprint density at radius 2 is 1.60 bits per heavy atom. The van der Waals surface area contributed by atoms with E-state index in [1.165, 1.54) is 46.8 Å². The Labute approximate surface area is 341 Å². The summed E-state index contributed by atoms with van der Waals surface area (Å²) in [6.07, 6.45) is 14.6. The van der Waals surface area contributed by atoms with E-state index >= 15 is 0 Å². The summed E-state index contributed by atoms with van der Waals surface area (Å²) in [5.74, 6) is -0.621. The van der Waals surface area contributed by atoms with Gasteiger partial charge >= 0.3 is 0 Å². The molecule has 7 rings (SSSR count). The van der Waals surface area contributed by atoms with Crippen LogP contribution < -0.4 is 4.90 Å². The topological polar surface area (TPSA) is 116 Å². The zero-order valence-electron chi connectivity index (χ0n) is 34.6. The molecule has 0 radical (unpaired) electrons. The predicted molar refractivity (Wildman–Crippen MR) is 231 cm³/mol. The molecular weight excluding hydrogens is 729 g/mol. The lowest BCUT2D eigenvalue weighted by Gasteiger charge is -2.37. The number of aromatic nitrogens is 2. The van der Waals surface area contributed by atoms with Crippen molar-refractivity contribution in [3.63, 3.8) is 0 Å². The van der Waals surface area contributed by atoms with Crippen molar-refractivity contribution in [1.29, 1.82) is 0 Å². The molecule has 4 aromatic rings. The lowest BCUT2D eigenvalue weighted by Crippen LogP contribution is -2.47. The van der Waals surface area contributed by atoms with Gasteiger partial charge in [0.05, 0.1) is 22.7 Å². The van der Waals surface area contributed by atoms with Crippen LogP contribution in [0.5, 0.6) is 0 Å². The fourth-order valence-corrected chi connectivity index (χ4v) is 8.35. The van der Waals surface area contributed by atoms with Gasteiger partial charge in [-0.25, -0.2) is 0 Å². The number of fused-ring (bicyclic) bond motifs is 4. The highest BCUT2D eigenvalue weighted by atomic mass is 16.2. The van der Waals surface area contributed by atoms with E-state index in [0.29, 0.717) is 17.0 Å². The van der Waals surface area contributed by atoms with Crippen molar-refractivity contribution in [3.8, 4) is 0 Å². The van der Waals surface area contributed by atoms with E-state index in [1.54, 1.807) is 12.1 Å². The van der Waals surface area contributed by atoms with Crippen molar-refractivity contribution < 1.29 is 24.0 Å². The average molecular weight is 785 g/mol. The van der Waals surface area contributed by atoms with Gasteiger partial charge in [0, 0.05) is 87.1 Å². The Morgan fingerprint density at radius 3 is 2.26 bits per heavy atom. The maximum atomic E-state index is 13.2. The van der Waals surface area contributed by atoms with Gasteiger partial charge in [-0.1, -0.05) is 42.5 Å². The summed E-state index contributed by atoms with van der Waals surface area (Å²) in [5, 5.41) is 2.44. The number of nitrogens with zero attached hydrogens (tertiary/aromatic N) is 6. The summed E-state index contributed by atoms with van der Waals surface area (Å²) in [4.78, 5) is 72.6. The molecule has 1 unspecified atom stereocenters. The van der Waals surface area contributed by atoms with Gasteiger partial charge in [-0.2, -0.15) is 0 Å². The number of benzene rings is 2. The van der Waals surface area contributed by atoms with Gasteiger partial charge in [0.25, 0.3) is 11.8 Å². The largest absolute Gasteiger partial charge is 0.369 e. The molecule has 0 N–H and O–H groups in total. The predicted octanol–water partition coefficient (Wildman–Crippen LogP) is 7.25. The number of pyridine rings is 1. The molecule has 11 nitrogen and oxygen atoms in total. The zero-order chi connectivity index (χ0) is 41.5. The van der Waals surface area contributed by atoms with E-state index in [1.807, 2.05) is 36.4 Å². The number of Topliss-reactive ketones (excluding diaryl/α,β-unsaturated/α-hetero) is 2. The van der Waals surface area contributed by atoms with Crippen molar-refractivity contribution in [2.75, 3.05) is 50.7 Å². The van der Waals surface area contributed by atoms with Gasteiger partial charge in [0.1, 0.15) is 5.78 Å². The van der Waals surface area contributed by atoms with Crippen LogP contribution in [0.2, 0.25) is 0 Å². The Hall–Kier alpha value is -5.68. The Balaban J connectivity index is 0.000000220. The number of amides is 3. The first kappa shape index (κ1) is 41.9. The first-order valence-electron chi connectivity index (χ1n) is 20.4. The quantitative estimate of drug-likeness (QED) is 0.0792. The molecule has 2 saturated heterocycles. The van der Waals surface area contributed by atoms with Crippen molar-refractivity contribution in [2.45, 2.75) is 65.8 Å². The molecule has 3 aliphatic heterocycles. The van der Waals surface area contributed by atoms with Crippen LogP contribution in [0.4, 0.5) is 5.69 Å². The molecule has 2 fully saturated rings. The van der Waals surface area contributed by atoms with Crippen LogP contribution in [0.1, 0.15) is 86.1 Å². The number of piperazine rings is 1. The zero-order valence-corrected chi connectivity index (χ0v) is 34.6. The Kier molecular flexibility index (Phi) is 13.5. The van der Waals surface area contributed by atoms with Crippen LogP contribution in [-0.4, -0.2) is 106 Å². The molecule has 0 spiro atoms. The first-order valence-corrected chi connectivity index (χ1v) is 20.4. The SMILES string of the molecule is C=C(C)/C=C\C(=C/C)c1ccc2c3cnccc3n(C)c2c1.CC(=O)CCC(C(C)=O)N1C(=O)c2ccc(N3CCN(CCC4CCN(C=O)CC4)CC3)cc2C1=O. The number of carbonyl (C=O) groups excluding carboxylic acids is 5. The van der Waals surface area contributed by atoms with E-state index in [9.17, 15) is 24.0 Å². The maximum absolute atomic E-state index is 13.2. The third kappa shape index (κ3) is 9.37. The van der Waals surface area contributed by atoms with Crippen molar-refractivity contribution in [2.24, 2.45) is 13.0 Å². The van der Waals surface area contributed by atoms with Gasteiger partial charge in [-0.05, 0) is 107 Å².